The Hall–Kier alpha value is -1.30. The van der Waals surface area contributed by atoms with Gasteiger partial charge < -0.3 is 20.2 Å². The van der Waals surface area contributed by atoms with Gasteiger partial charge in [-0.05, 0) is 39.7 Å². The number of carboxylic acid groups (broad SMARTS) is 1. The number of rotatable bonds is 3. The van der Waals surface area contributed by atoms with Gasteiger partial charge in [-0.15, -0.1) is 0 Å². The number of nitrogens with one attached hydrogen (secondary N) is 1. The van der Waals surface area contributed by atoms with Crippen LogP contribution in [-0.2, 0) is 4.79 Å². The molecule has 0 aromatic heterocycles. The second-order valence-corrected chi connectivity index (χ2v) is 6.15. The van der Waals surface area contributed by atoms with Crippen LogP contribution in [0, 0.1) is 0 Å². The molecule has 0 aromatic carbocycles. The molecule has 0 radical (unpaired) electrons. The minimum absolute atomic E-state index is 0.164. The molecule has 2 rings (SSSR count). The molecule has 114 valence electrons. The number of carbonyl (C=O) groups excluding carboxylic acids is 1. The second kappa shape index (κ2) is 5.99. The van der Waals surface area contributed by atoms with Crippen molar-refractivity contribution >= 4 is 12.0 Å². The standard InChI is InChI=1S/C14H25N3O3/c1-9(13(18)19)16(2)14(20)15-10-7-11-5-4-6-12(8-10)17(11)3/h9-12H,4-8H2,1-3H3,(H,15,20)(H,18,19). The van der Waals surface area contributed by atoms with Crippen molar-refractivity contribution in [2.75, 3.05) is 14.1 Å². The van der Waals surface area contributed by atoms with Crippen molar-refractivity contribution in [3.8, 4) is 0 Å². The number of carbonyl (C=O) groups is 2. The Morgan fingerprint density at radius 3 is 2.35 bits per heavy atom. The van der Waals surface area contributed by atoms with E-state index < -0.39 is 12.0 Å². The van der Waals surface area contributed by atoms with Gasteiger partial charge in [0.05, 0.1) is 0 Å². The van der Waals surface area contributed by atoms with Crippen LogP contribution >= 0.6 is 0 Å². The van der Waals surface area contributed by atoms with Gasteiger partial charge in [0, 0.05) is 25.2 Å². The van der Waals surface area contributed by atoms with Crippen LogP contribution in [-0.4, -0.2) is 65.2 Å². The van der Waals surface area contributed by atoms with Crippen LogP contribution in [0.15, 0.2) is 0 Å². The van der Waals surface area contributed by atoms with Gasteiger partial charge in [-0.3, -0.25) is 0 Å². The van der Waals surface area contributed by atoms with Gasteiger partial charge in [-0.2, -0.15) is 0 Å². The number of likely N-dealkylation sites (N-methyl/N-ethyl adjacent to an activating group) is 1. The van der Waals surface area contributed by atoms with Gasteiger partial charge in [-0.1, -0.05) is 6.42 Å². The third kappa shape index (κ3) is 3.06. The first-order chi connectivity index (χ1) is 9.40. The zero-order chi connectivity index (χ0) is 14.9. The Bertz CT molecular complexity index is 374. The molecule has 3 atom stereocenters. The monoisotopic (exact) mass is 283 g/mol. The summed E-state index contributed by atoms with van der Waals surface area (Å²) in [6.07, 6.45) is 5.60. The lowest BCUT2D eigenvalue weighted by molar-refractivity contribution is -0.141. The third-order valence-corrected chi connectivity index (χ3v) is 4.93. The highest BCUT2D eigenvalue weighted by atomic mass is 16.4. The van der Waals surface area contributed by atoms with E-state index in [1.807, 2.05) is 0 Å². The van der Waals surface area contributed by atoms with E-state index in [-0.39, 0.29) is 12.1 Å². The van der Waals surface area contributed by atoms with E-state index in [0.717, 1.165) is 12.8 Å². The first kappa shape index (κ1) is 15.1. The summed E-state index contributed by atoms with van der Waals surface area (Å²) in [5, 5.41) is 11.9. The molecular weight excluding hydrogens is 258 g/mol. The number of urea groups is 1. The molecule has 0 aromatic rings. The molecule has 2 N–H and O–H groups in total. The summed E-state index contributed by atoms with van der Waals surface area (Å²) in [5.41, 5.74) is 0. The van der Waals surface area contributed by atoms with Gasteiger partial charge in [0.1, 0.15) is 6.04 Å². The fraction of sp³-hybridized carbons (Fsp3) is 0.857. The topological polar surface area (TPSA) is 72.9 Å². The Morgan fingerprint density at radius 2 is 1.85 bits per heavy atom. The Balaban J connectivity index is 1.90. The molecule has 2 aliphatic rings. The molecule has 6 heteroatoms. The van der Waals surface area contributed by atoms with Gasteiger partial charge >= 0.3 is 12.0 Å². The molecule has 3 unspecified atom stereocenters. The summed E-state index contributed by atoms with van der Waals surface area (Å²) < 4.78 is 0. The number of hydrogen-bond acceptors (Lipinski definition) is 3. The summed E-state index contributed by atoms with van der Waals surface area (Å²) in [7, 11) is 3.70. The van der Waals surface area contributed by atoms with Crippen LogP contribution in [0.25, 0.3) is 0 Å². The van der Waals surface area contributed by atoms with E-state index in [1.165, 1.54) is 38.1 Å². The fourth-order valence-corrected chi connectivity index (χ4v) is 3.35. The molecule has 0 aliphatic carbocycles. The smallest absolute Gasteiger partial charge is 0.326 e. The van der Waals surface area contributed by atoms with E-state index in [4.69, 9.17) is 5.11 Å². The molecular formula is C14H25N3O3. The highest BCUT2D eigenvalue weighted by Gasteiger charge is 2.37. The van der Waals surface area contributed by atoms with Crippen LogP contribution in [0.2, 0.25) is 0 Å². The number of piperidine rings is 2. The van der Waals surface area contributed by atoms with Crippen molar-refractivity contribution in [3.63, 3.8) is 0 Å². The van der Waals surface area contributed by atoms with Crippen molar-refractivity contribution in [3.05, 3.63) is 0 Å². The number of nitrogens with zero attached hydrogens (tertiary/aromatic N) is 2. The fourth-order valence-electron chi connectivity index (χ4n) is 3.35. The van der Waals surface area contributed by atoms with Crippen LogP contribution in [0.1, 0.15) is 39.0 Å². The van der Waals surface area contributed by atoms with Gasteiger partial charge in [0.2, 0.25) is 0 Å². The van der Waals surface area contributed by atoms with Crippen LogP contribution in [0.4, 0.5) is 4.79 Å². The molecule has 20 heavy (non-hydrogen) atoms. The number of amides is 2. The highest BCUT2D eigenvalue weighted by molar-refractivity contribution is 5.82. The number of hydrogen-bond donors (Lipinski definition) is 2. The Kier molecular flexibility index (Phi) is 4.52. The van der Waals surface area contributed by atoms with Crippen molar-refractivity contribution in [2.45, 2.75) is 63.2 Å². The quantitative estimate of drug-likeness (QED) is 0.814. The molecule has 2 bridgehead atoms. The zero-order valence-corrected chi connectivity index (χ0v) is 12.5. The molecule has 2 heterocycles. The summed E-state index contributed by atoms with van der Waals surface area (Å²) in [4.78, 5) is 26.7. The molecule has 2 fully saturated rings. The van der Waals surface area contributed by atoms with E-state index in [9.17, 15) is 9.59 Å². The molecule has 2 saturated heterocycles. The maximum atomic E-state index is 12.1. The first-order valence-electron chi connectivity index (χ1n) is 7.38. The van der Waals surface area contributed by atoms with Crippen molar-refractivity contribution in [2.24, 2.45) is 0 Å². The van der Waals surface area contributed by atoms with Crippen LogP contribution < -0.4 is 5.32 Å². The molecule has 2 amide bonds. The average molecular weight is 283 g/mol. The largest absolute Gasteiger partial charge is 0.480 e. The van der Waals surface area contributed by atoms with E-state index >= 15 is 0 Å². The molecule has 0 spiro atoms. The van der Waals surface area contributed by atoms with Gasteiger partial charge in [0.15, 0.2) is 0 Å². The van der Waals surface area contributed by atoms with E-state index in [2.05, 4.69) is 17.3 Å². The lowest BCUT2D eigenvalue weighted by Crippen LogP contribution is -2.57. The summed E-state index contributed by atoms with van der Waals surface area (Å²) in [6, 6.07) is 0.177. The predicted octanol–water partition coefficient (Wildman–Crippen LogP) is 1.12. The first-order valence-corrected chi connectivity index (χ1v) is 7.38. The van der Waals surface area contributed by atoms with Crippen molar-refractivity contribution in [1.29, 1.82) is 0 Å². The van der Waals surface area contributed by atoms with Gasteiger partial charge in [-0.25, -0.2) is 9.59 Å². The average Bonchev–Trinajstić information content (AvgIpc) is 2.38. The van der Waals surface area contributed by atoms with Crippen LogP contribution in [0.3, 0.4) is 0 Å². The minimum atomic E-state index is -0.983. The highest BCUT2D eigenvalue weighted by Crippen LogP contribution is 2.32. The minimum Gasteiger partial charge on any atom is -0.480 e. The maximum Gasteiger partial charge on any atom is 0.326 e. The summed E-state index contributed by atoms with van der Waals surface area (Å²) in [6.45, 7) is 1.52. The molecule has 2 aliphatic heterocycles. The Labute approximate surface area is 120 Å². The molecule has 0 saturated carbocycles. The number of carboxylic acids is 1. The van der Waals surface area contributed by atoms with Crippen molar-refractivity contribution < 1.29 is 14.7 Å². The lowest BCUT2D eigenvalue weighted by atomic mass is 9.82. The van der Waals surface area contributed by atoms with Crippen molar-refractivity contribution in [1.82, 2.24) is 15.1 Å². The molecule has 6 nitrogen and oxygen atoms in total. The summed E-state index contributed by atoms with van der Waals surface area (Å²) >= 11 is 0. The second-order valence-electron chi connectivity index (χ2n) is 6.15. The summed E-state index contributed by atoms with van der Waals surface area (Å²) in [5.74, 6) is -0.983. The maximum absolute atomic E-state index is 12.1. The zero-order valence-electron chi connectivity index (χ0n) is 12.5. The normalized spacial score (nSPS) is 31.4. The Morgan fingerprint density at radius 1 is 1.30 bits per heavy atom. The number of fused-ring (bicyclic) bond motifs is 2. The van der Waals surface area contributed by atoms with E-state index in [0.29, 0.717) is 12.1 Å². The lowest BCUT2D eigenvalue weighted by Gasteiger charge is -2.47. The van der Waals surface area contributed by atoms with Gasteiger partial charge in [0.25, 0.3) is 0 Å². The van der Waals surface area contributed by atoms with E-state index in [1.54, 1.807) is 0 Å². The number of aliphatic carboxylic acids is 1. The predicted molar refractivity (Wildman–Crippen MR) is 75.6 cm³/mol. The SMILES string of the molecule is CC(C(=O)O)N(C)C(=O)NC1CC2CCCC(C1)N2C. The third-order valence-electron chi connectivity index (χ3n) is 4.93. The van der Waals surface area contributed by atoms with Crippen LogP contribution in [0.5, 0.6) is 0 Å².